The van der Waals surface area contributed by atoms with Crippen molar-refractivity contribution in [3.63, 3.8) is 0 Å². The fourth-order valence-corrected chi connectivity index (χ4v) is 1.26. The molecule has 6 heteroatoms. The van der Waals surface area contributed by atoms with Gasteiger partial charge in [-0.3, -0.25) is 0 Å². The molecule has 3 nitrogen and oxygen atoms in total. The van der Waals surface area contributed by atoms with Crippen LogP contribution in [0.2, 0.25) is 0 Å². The zero-order valence-electron chi connectivity index (χ0n) is 8.33. The Morgan fingerprint density at radius 3 is 2.73 bits per heavy atom. The summed E-state index contributed by atoms with van der Waals surface area (Å²) in [7, 11) is 0. The van der Waals surface area contributed by atoms with Crippen LogP contribution in [0.1, 0.15) is 19.2 Å². The molecule has 0 radical (unpaired) electrons. The summed E-state index contributed by atoms with van der Waals surface area (Å²) in [6.07, 6.45) is -3.54. The molecule has 0 amide bonds. The van der Waals surface area contributed by atoms with Gasteiger partial charge in [-0.2, -0.15) is 13.2 Å². The standard InChI is InChI=1S/C9H13F3N2O/c1-2-4-14-5-3-13-8(14)6-7(15)9(10,11)12/h3,5,7,15H,2,4,6H2,1H3/t7-/m1/s1. The number of aliphatic hydroxyl groups is 1. The molecular weight excluding hydrogens is 209 g/mol. The lowest BCUT2D eigenvalue weighted by Gasteiger charge is -2.14. The smallest absolute Gasteiger partial charge is 0.383 e. The fraction of sp³-hybridized carbons (Fsp3) is 0.667. The van der Waals surface area contributed by atoms with Gasteiger partial charge in [0.25, 0.3) is 0 Å². The second-order valence-electron chi connectivity index (χ2n) is 3.30. The number of aryl methyl sites for hydroxylation is 1. The molecule has 0 aromatic carbocycles. The first kappa shape index (κ1) is 12.0. The Hall–Kier alpha value is -1.04. The number of alkyl halides is 3. The van der Waals surface area contributed by atoms with Crippen LogP contribution in [0.15, 0.2) is 12.4 Å². The van der Waals surface area contributed by atoms with Gasteiger partial charge >= 0.3 is 6.18 Å². The molecule has 0 bridgehead atoms. The normalized spacial score (nSPS) is 14.2. The number of halogens is 3. The van der Waals surface area contributed by atoms with Crippen molar-refractivity contribution >= 4 is 0 Å². The van der Waals surface area contributed by atoms with Crippen molar-refractivity contribution in [1.29, 1.82) is 0 Å². The Bertz CT molecular complexity index is 309. The second kappa shape index (κ2) is 4.65. The van der Waals surface area contributed by atoms with E-state index in [1.54, 1.807) is 10.8 Å². The highest BCUT2D eigenvalue weighted by molar-refractivity contribution is 4.95. The van der Waals surface area contributed by atoms with Gasteiger partial charge < -0.3 is 9.67 Å². The van der Waals surface area contributed by atoms with Gasteiger partial charge in [0.05, 0.1) is 0 Å². The van der Waals surface area contributed by atoms with Crippen molar-refractivity contribution in [2.24, 2.45) is 0 Å². The minimum absolute atomic E-state index is 0.265. The van der Waals surface area contributed by atoms with Crippen LogP contribution in [0, 0.1) is 0 Å². The molecule has 0 spiro atoms. The molecule has 0 aliphatic rings. The molecule has 0 saturated carbocycles. The average Bonchev–Trinajstić information content (AvgIpc) is 2.52. The van der Waals surface area contributed by atoms with Crippen LogP contribution in [-0.4, -0.2) is 26.9 Å². The number of hydrogen-bond acceptors (Lipinski definition) is 2. The number of imidazole rings is 1. The number of aromatic nitrogens is 2. The largest absolute Gasteiger partial charge is 0.414 e. The minimum Gasteiger partial charge on any atom is -0.383 e. The Morgan fingerprint density at radius 2 is 2.20 bits per heavy atom. The van der Waals surface area contributed by atoms with Gasteiger partial charge in [0, 0.05) is 25.4 Å². The Balaban J connectivity index is 2.68. The SMILES string of the molecule is CCCn1ccnc1C[C@@H](O)C(F)(F)F. The van der Waals surface area contributed by atoms with Crippen LogP contribution in [0.25, 0.3) is 0 Å². The summed E-state index contributed by atoms with van der Waals surface area (Å²) in [6.45, 7) is 2.53. The summed E-state index contributed by atoms with van der Waals surface area (Å²) in [6, 6.07) is 0. The van der Waals surface area contributed by atoms with Crippen molar-refractivity contribution in [3.8, 4) is 0 Å². The first-order valence-electron chi connectivity index (χ1n) is 4.70. The van der Waals surface area contributed by atoms with Gasteiger partial charge in [0.2, 0.25) is 0 Å². The molecule has 1 atom stereocenters. The van der Waals surface area contributed by atoms with Gasteiger partial charge in [-0.05, 0) is 6.42 Å². The van der Waals surface area contributed by atoms with Crippen LogP contribution in [0.5, 0.6) is 0 Å². The van der Waals surface area contributed by atoms with Crippen LogP contribution in [0.3, 0.4) is 0 Å². The molecule has 1 aromatic heterocycles. The quantitative estimate of drug-likeness (QED) is 0.842. The molecule has 1 rings (SSSR count). The first-order valence-corrected chi connectivity index (χ1v) is 4.70. The minimum atomic E-state index is -4.58. The third kappa shape index (κ3) is 3.23. The van der Waals surface area contributed by atoms with E-state index < -0.39 is 18.7 Å². The fourth-order valence-electron chi connectivity index (χ4n) is 1.26. The maximum atomic E-state index is 12.1. The number of rotatable bonds is 4. The summed E-state index contributed by atoms with van der Waals surface area (Å²) >= 11 is 0. The molecule has 15 heavy (non-hydrogen) atoms. The molecule has 1 heterocycles. The monoisotopic (exact) mass is 222 g/mol. The summed E-state index contributed by atoms with van der Waals surface area (Å²) in [5.74, 6) is 0.265. The summed E-state index contributed by atoms with van der Waals surface area (Å²) < 4.78 is 37.8. The van der Waals surface area contributed by atoms with Gasteiger partial charge in [-0.25, -0.2) is 4.98 Å². The molecule has 1 N–H and O–H groups in total. The summed E-state index contributed by atoms with van der Waals surface area (Å²) in [5.41, 5.74) is 0. The highest BCUT2D eigenvalue weighted by Crippen LogP contribution is 2.22. The van der Waals surface area contributed by atoms with Crippen molar-refractivity contribution in [1.82, 2.24) is 9.55 Å². The zero-order chi connectivity index (χ0) is 11.5. The molecule has 86 valence electrons. The summed E-state index contributed by atoms with van der Waals surface area (Å²) in [5, 5.41) is 8.87. The van der Waals surface area contributed by atoms with Gasteiger partial charge in [-0.1, -0.05) is 6.92 Å². The van der Waals surface area contributed by atoms with Gasteiger partial charge in [0.1, 0.15) is 5.82 Å². The number of hydrogen-bond donors (Lipinski definition) is 1. The van der Waals surface area contributed by atoms with Crippen LogP contribution in [-0.2, 0) is 13.0 Å². The Labute approximate surface area is 85.6 Å². The summed E-state index contributed by atoms with van der Waals surface area (Å²) in [4.78, 5) is 3.79. The van der Waals surface area contributed by atoms with Crippen LogP contribution < -0.4 is 0 Å². The van der Waals surface area contributed by atoms with E-state index in [9.17, 15) is 13.2 Å². The van der Waals surface area contributed by atoms with Gasteiger partial charge in [0.15, 0.2) is 6.10 Å². The molecule has 0 saturated heterocycles. The van der Waals surface area contributed by atoms with E-state index in [4.69, 9.17) is 5.11 Å². The predicted molar refractivity (Wildman–Crippen MR) is 48.3 cm³/mol. The molecule has 0 fully saturated rings. The highest BCUT2D eigenvalue weighted by Gasteiger charge is 2.38. The molecular formula is C9H13F3N2O. The molecule has 1 aromatic rings. The third-order valence-corrected chi connectivity index (χ3v) is 2.02. The first-order chi connectivity index (χ1) is 6.95. The number of nitrogens with zero attached hydrogens (tertiary/aromatic N) is 2. The van der Waals surface area contributed by atoms with E-state index in [-0.39, 0.29) is 5.82 Å². The molecule has 0 aliphatic heterocycles. The molecule has 0 unspecified atom stereocenters. The maximum Gasteiger partial charge on any atom is 0.414 e. The van der Waals surface area contributed by atoms with Crippen molar-refractivity contribution in [3.05, 3.63) is 18.2 Å². The van der Waals surface area contributed by atoms with E-state index in [1.165, 1.54) is 6.20 Å². The second-order valence-corrected chi connectivity index (χ2v) is 3.30. The third-order valence-electron chi connectivity index (χ3n) is 2.02. The van der Waals surface area contributed by atoms with Crippen molar-refractivity contribution in [2.75, 3.05) is 0 Å². The van der Waals surface area contributed by atoms with Crippen molar-refractivity contribution in [2.45, 2.75) is 38.6 Å². The lowest BCUT2D eigenvalue weighted by molar-refractivity contribution is -0.203. The lowest BCUT2D eigenvalue weighted by atomic mass is 10.2. The van der Waals surface area contributed by atoms with E-state index in [1.807, 2.05) is 6.92 Å². The van der Waals surface area contributed by atoms with E-state index in [2.05, 4.69) is 4.98 Å². The topological polar surface area (TPSA) is 38.0 Å². The van der Waals surface area contributed by atoms with E-state index in [0.29, 0.717) is 6.54 Å². The van der Waals surface area contributed by atoms with Crippen molar-refractivity contribution < 1.29 is 18.3 Å². The Morgan fingerprint density at radius 1 is 1.53 bits per heavy atom. The van der Waals surface area contributed by atoms with E-state index >= 15 is 0 Å². The maximum absolute atomic E-state index is 12.1. The number of aliphatic hydroxyl groups excluding tert-OH is 1. The van der Waals surface area contributed by atoms with Crippen LogP contribution >= 0.6 is 0 Å². The Kier molecular flexibility index (Phi) is 3.73. The molecule has 0 aliphatic carbocycles. The lowest BCUT2D eigenvalue weighted by Crippen LogP contribution is -2.31. The highest BCUT2D eigenvalue weighted by atomic mass is 19.4. The van der Waals surface area contributed by atoms with E-state index in [0.717, 1.165) is 6.42 Å². The predicted octanol–water partition coefficient (Wildman–Crippen LogP) is 1.76. The zero-order valence-corrected chi connectivity index (χ0v) is 8.33. The average molecular weight is 222 g/mol. The van der Waals surface area contributed by atoms with Gasteiger partial charge in [-0.15, -0.1) is 0 Å². The van der Waals surface area contributed by atoms with Crippen LogP contribution in [0.4, 0.5) is 13.2 Å².